The highest BCUT2D eigenvalue weighted by Crippen LogP contribution is 2.24. The van der Waals surface area contributed by atoms with Crippen molar-refractivity contribution in [3.63, 3.8) is 0 Å². The predicted octanol–water partition coefficient (Wildman–Crippen LogP) is 3.16. The van der Waals surface area contributed by atoms with Crippen molar-refractivity contribution in [2.24, 2.45) is 0 Å². The number of aromatic nitrogens is 1. The molecule has 6 nitrogen and oxygen atoms in total. The van der Waals surface area contributed by atoms with Gasteiger partial charge in [0, 0.05) is 30.7 Å². The van der Waals surface area contributed by atoms with Crippen molar-refractivity contribution in [1.29, 1.82) is 5.26 Å². The van der Waals surface area contributed by atoms with E-state index >= 15 is 0 Å². The molecular formula is C21H25N3O3. The molecule has 2 rings (SSSR count). The molecule has 1 amide bonds. The molecule has 27 heavy (non-hydrogen) atoms. The zero-order valence-corrected chi connectivity index (χ0v) is 16.2. The Hall–Kier alpha value is -3.04. The van der Waals surface area contributed by atoms with Crippen LogP contribution in [0, 0.1) is 25.2 Å². The van der Waals surface area contributed by atoms with Crippen LogP contribution in [0.4, 0.5) is 0 Å². The number of ether oxygens (including phenoxy) is 2. The van der Waals surface area contributed by atoms with Crippen LogP contribution in [-0.4, -0.2) is 37.3 Å². The monoisotopic (exact) mass is 367 g/mol. The molecule has 1 aromatic heterocycles. The minimum absolute atomic E-state index is 0.0676. The van der Waals surface area contributed by atoms with E-state index in [-0.39, 0.29) is 5.57 Å². The molecule has 142 valence electrons. The highest BCUT2D eigenvalue weighted by molar-refractivity contribution is 6.01. The summed E-state index contributed by atoms with van der Waals surface area (Å²) in [6, 6.07) is 11.8. The fourth-order valence-corrected chi connectivity index (χ4v) is 2.86. The maximum absolute atomic E-state index is 12.1. The number of nitrogens with zero attached hydrogens (tertiary/aromatic N) is 2. The van der Waals surface area contributed by atoms with Crippen LogP contribution < -0.4 is 10.1 Å². The third kappa shape index (κ3) is 4.99. The van der Waals surface area contributed by atoms with Crippen molar-refractivity contribution in [1.82, 2.24) is 9.88 Å². The number of hydrogen-bond donors (Lipinski definition) is 1. The summed E-state index contributed by atoms with van der Waals surface area (Å²) in [5.74, 6) is 0.420. The van der Waals surface area contributed by atoms with Crippen molar-refractivity contribution in [3.8, 4) is 17.5 Å². The lowest BCUT2D eigenvalue weighted by molar-refractivity contribution is -0.117. The van der Waals surface area contributed by atoms with E-state index < -0.39 is 5.91 Å². The van der Waals surface area contributed by atoms with Crippen LogP contribution in [0.5, 0.6) is 5.75 Å². The number of amides is 1. The first-order valence-electron chi connectivity index (χ1n) is 8.83. The first kappa shape index (κ1) is 20.3. The lowest BCUT2D eigenvalue weighted by atomic mass is 10.1. The Morgan fingerprint density at radius 1 is 1.30 bits per heavy atom. The zero-order valence-electron chi connectivity index (χ0n) is 16.2. The number of carbonyl (C=O) groups is 1. The van der Waals surface area contributed by atoms with Crippen molar-refractivity contribution >= 4 is 12.0 Å². The Balaban J connectivity index is 2.30. The summed E-state index contributed by atoms with van der Waals surface area (Å²) in [6.07, 6.45) is 1.62. The minimum atomic E-state index is -0.402. The highest BCUT2D eigenvalue weighted by atomic mass is 16.5. The van der Waals surface area contributed by atoms with Gasteiger partial charge in [-0.15, -0.1) is 0 Å². The molecule has 0 spiro atoms. The molecule has 0 aliphatic rings. The van der Waals surface area contributed by atoms with Crippen LogP contribution >= 0.6 is 0 Å². The molecule has 0 saturated heterocycles. The predicted molar refractivity (Wildman–Crippen MR) is 105 cm³/mol. The van der Waals surface area contributed by atoms with Crippen LogP contribution in [0.25, 0.3) is 11.8 Å². The first-order valence-corrected chi connectivity index (χ1v) is 8.83. The average molecular weight is 367 g/mol. The molecule has 1 aromatic carbocycles. The summed E-state index contributed by atoms with van der Waals surface area (Å²) in [6.45, 7) is 7.29. The quantitative estimate of drug-likeness (QED) is 0.442. The van der Waals surface area contributed by atoms with Crippen LogP contribution in [0.2, 0.25) is 0 Å². The number of methoxy groups -OCH3 is 1. The lowest BCUT2D eigenvalue weighted by Gasteiger charge is -2.11. The zero-order chi connectivity index (χ0) is 19.8. The third-order valence-corrected chi connectivity index (χ3v) is 4.13. The fraction of sp³-hybridized carbons (Fsp3) is 0.333. The third-order valence-electron chi connectivity index (χ3n) is 4.13. The topological polar surface area (TPSA) is 76.3 Å². The average Bonchev–Trinajstić information content (AvgIpc) is 2.94. The summed E-state index contributed by atoms with van der Waals surface area (Å²) in [4.78, 5) is 12.1. The van der Waals surface area contributed by atoms with Gasteiger partial charge in [0.05, 0.1) is 13.2 Å². The molecule has 0 fully saturated rings. The summed E-state index contributed by atoms with van der Waals surface area (Å²) in [7, 11) is 1.56. The van der Waals surface area contributed by atoms with Crippen molar-refractivity contribution in [2.75, 3.05) is 26.9 Å². The number of nitriles is 1. The van der Waals surface area contributed by atoms with Crippen molar-refractivity contribution in [3.05, 3.63) is 52.9 Å². The summed E-state index contributed by atoms with van der Waals surface area (Å²) in [5, 5.41) is 12.0. The van der Waals surface area contributed by atoms with E-state index in [0.29, 0.717) is 19.8 Å². The standard InChI is InChI=1S/C21H25N3O3/c1-5-27-20-8-6-19(7-9-20)24-15(2)12-17(16(24)3)13-18(14-22)21(25)23-10-11-26-4/h6-9,12-13H,5,10-11H2,1-4H3,(H,23,25)/b18-13+. The maximum Gasteiger partial charge on any atom is 0.262 e. The SMILES string of the molecule is CCOc1ccc(-n2c(C)cc(/C=C(\C#N)C(=O)NCCOC)c2C)cc1. The highest BCUT2D eigenvalue weighted by Gasteiger charge is 2.13. The summed E-state index contributed by atoms with van der Waals surface area (Å²) < 4.78 is 12.5. The molecule has 0 aliphatic carbocycles. The van der Waals surface area contributed by atoms with Gasteiger partial charge in [0.2, 0.25) is 0 Å². The van der Waals surface area contributed by atoms with Gasteiger partial charge < -0.3 is 19.4 Å². The molecule has 2 aromatic rings. The number of carbonyl (C=O) groups excluding carboxylic acids is 1. The molecule has 0 saturated carbocycles. The number of nitrogens with one attached hydrogen (secondary N) is 1. The van der Waals surface area contributed by atoms with Gasteiger partial charge >= 0.3 is 0 Å². The van der Waals surface area contributed by atoms with Gasteiger partial charge in [-0.05, 0) is 62.7 Å². The second-order valence-electron chi connectivity index (χ2n) is 6.01. The molecule has 1 heterocycles. The largest absolute Gasteiger partial charge is 0.494 e. The van der Waals surface area contributed by atoms with E-state index in [1.54, 1.807) is 13.2 Å². The molecule has 1 N–H and O–H groups in total. The second-order valence-corrected chi connectivity index (χ2v) is 6.01. The number of benzene rings is 1. The van der Waals surface area contributed by atoms with Gasteiger partial charge in [-0.1, -0.05) is 0 Å². The molecule has 0 bridgehead atoms. The van der Waals surface area contributed by atoms with Crippen LogP contribution in [-0.2, 0) is 9.53 Å². The van der Waals surface area contributed by atoms with Gasteiger partial charge in [-0.2, -0.15) is 5.26 Å². The van der Waals surface area contributed by atoms with Crippen molar-refractivity contribution < 1.29 is 14.3 Å². The molecule has 0 atom stereocenters. The molecule has 0 radical (unpaired) electrons. The Labute approximate surface area is 160 Å². The number of hydrogen-bond acceptors (Lipinski definition) is 4. The smallest absolute Gasteiger partial charge is 0.262 e. The fourth-order valence-electron chi connectivity index (χ4n) is 2.86. The van der Waals surface area contributed by atoms with Crippen molar-refractivity contribution in [2.45, 2.75) is 20.8 Å². The van der Waals surface area contributed by atoms with E-state index in [4.69, 9.17) is 9.47 Å². The van der Waals surface area contributed by atoms with Gasteiger partial charge in [0.1, 0.15) is 17.4 Å². The van der Waals surface area contributed by atoms with Gasteiger partial charge in [-0.3, -0.25) is 4.79 Å². The molecule has 0 unspecified atom stereocenters. The van der Waals surface area contributed by atoms with Crippen LogP contribution in [0.1, 0.15) is 23.9 Å². The minimum Gasteiger partial charge on any atom is -0.494 e. The second kappa shape index (κ2) is 9.60. The van der Waals surface area contributed by atoms with E-state index in [9.17, 15) is 10.1 Å². The van der Waals surface area contributed by atoms with Crippen LogP contribution in [0.3, 0.4) is 0 Å². The number of aryl methyl sites for hydroxylation is 1. The first-order chi connectivity index (χ1) is 13.0. The Morgan fingerprint density at radius 3 is 2.59 bits per heavy atom. The van der Waals surface area contributed by atoms with E-state index in [1.165, 1.54) is 0 Å². The van der Waals surface area contributed by atoms with E-state index in [0.717, 1.165) is 28.4 Å². The summed E-state index contributed by atoms with van der Waals surface area (Å²) in [5.41, 5.74) is 3.86. The Kier molecular flexibility index (Phi) is 7.21. The Morgan fingerprint density at radius 2 is 2.00 bits per heavy atom. The van der Waals surface area contributed by atoms with Gasteiger partial charge in [0.15, 0.2) is 0 Å². The lowest BCUT2D eigenvalue weighted by Crippen LogP contribution is -2.27. The van der Waals surface area contributed by atoms with Crippen LogP contribution in [0.15, 0.2) is 35.9 Å². The number of rotatable bonds is 8. The molecule has 6 heteroatoms. The van der Waals surface area contributed by atoms with E-state index in [2.05, 4.69) is 9.88 Å². The maximum atomic E-state index is 12.1. The normalized spacial score (nSPS) is 11.1. The molecular weight excluding hydrogens is 342 g/mol. The summed E-state index contributed by atoms with van der Waals surface area (Å²) >= 11 is 0. The molecule has 0 aliphatic heterocycles. The van der Waals surface area contributed by atoms with Gasteiger partial charge in [0.25, 0.3) is 5.91 Å². The van der Waals surface area contributed by atoms with Gasteiger partial charge in [-0.25, -0.2) is 0 Å². The Bertz CT molecular complexity index is 858. The van der Waals surface area contributed by atoms with E-state index in [1.807, 2.05) is 57.2 Å².